The highest BCUT2D eigenvalue weighted by Crippen LogP contribution is 2.34. The molecule has 0 fully saturated rings. The van der Waals surface area contributed by atoms with E-state index in [0.29, 0.717) is 0 Å². The van der Waals surface area contributed by atoms with E-state index in [1.807, 2.05) is 18.2 Å². The Bertz CT molecular complexity index is 607. The maximum atomic E-state index is 5.41. The fraction of sp³-hybridized carbons (Fsp3) is 0.467. The van der Waals surface area contributed by atoms with Crippen molar-refractivity contribution >= 4 is 27.3 Å². The van der Waals surface area contributed by atoms with Crippen molar-refractivity contribution in [3.05, 3.63) is 27.7 Å². The van der Waals surface area contributed by atoms with E-state index >= 15 is 0 Å². The zero-order valence-electron chi connectivity index (χ0n) is 12.7. The number of halogens is 1. The number of aromatic nitrogens is 2. The zero-order valence-corrected chi connectivity index (χ0v) is 15.1. The molecule has 1 aromatic carbocycles. The average Bonchev–Trinajstić information content (AvgIpc) is 2.85. The number of rotatable bonds is 5. The number of nitrogens with one attached hydrogen (secondary N) is 1. The number of benzene rings is 1. The smallest absolute Gasteiger partial charge is 0.151 e. The summed E-state index contributed by atoms with van der Waals surface area (Å²) in [5.74, 6) is 0.805. The van der Waals surface area contributed by atoms with Crippen LogP contribution in [0.2, 0.25) is 0 Å². The highest BCUT2D eigenvalue weighted by Gasteiger charge is 2.13. The molecule has 0 saturated heterocycles. The van der Waals surface area contributed by atoms with Crippen LogP contribution in [0.5, 0.6) is 5.75 Å². The second kappa shape index (κ2) is 6.85. The van der Waals surface area contributed by atoms with Crippen LogP contribution >= 0.6 is 27.3 Å². The first-order valence-electron chi connectivity index (χ1n) is 6.80. The van der Waals surface area contributed by atoms with Gasteiger partial charge in [0, 0.05) is 23.0 Å². The Morgan fingerprint density at radius 3 is 2.71 bits per heavy atom. The molecule has 2 aromatic rings. The molecule has 0 aliphatic carbocycles. The lowest BCUT2D eigenvalue weighted by molar-refractivity contribution is 0.416. The standard InChI is InChI=1S/C15H20BrN3OS/c1-15(2,3)17-8-7-13-18-19-14(21-13)11-6-5-10(16)9-12(11)20-4/h5-6,9,17H,7-8H2,1-4H3. The third-order valence-electron chi connectivity index (χ3n) is 2.86. The van der Waals surface area contributed by atoms with Gasteiger partial charge in [0.15, 0.2) is 5.01 Å². The first kappa shape index (κ1) is 16.4. The second-order valence-corrected chi connectivity index (χ2v) is 7.75. The minimum atomic E-state index is 0.127. The molecule has 0 atom stereocenters. The lowest BCUT2D eigenvalue weighted by Gasteiger charge is -2.19. The maximum absolute atomic E-state index is 5.41. The molecule has 0 unspecified atom stereocenters. The van der Waals surface area contributed by atoms with Gasteiger partial charge in [-0.2, -0.15) is 0 Å². The summed E-state index contributed by atoms with van der Waals surface area (Å²) < 4.78 is 6.40. The highest BCUT2D eigenvalue weighted by molar-refractivity contribution is 9.10. The van der Waals surface area contributed by atoms with Crippen LogP contribution < -0.4 is 10.1 Å². The van der Waals surface area contributed by atoms with Crippen LogP contribution in [0.4, 0.5) is 0 Å². The van der Waals surface area contributed by atoms with Crippen molar-refractivity contribution in [2.75, 3.05) is 13.7 Å². The summed E-state index contributed by atoms with van der Waals surface area (Å²) in [5, 5.41) is 13.9. The largest absolute Gasteiger partial charge is 0.496 e. The van der Waals surface area contributed by atoms with E-state index in [4.69, 9.17) is 4.74 Å². The molecule has 0 aliphatic heterocycles. The molecule has 0 radical (unpaired) electrons. The Labute approximate surface area is 138 Å². The SMILES string of the molecule is COc1cc(Br)ccc1-c1nnc(CCNC(C)(C)C)s1. The summed E-state index contributed by atoms with van der Waals surface area (Å²) in [5.41, 5.74) is 1.11. The van der Waals surface area contributed by atoms with Crippen molar-refractivity contribution < 1.29 is 4.74 Å². The fourth-order valence-electron chi connectivity index (χ4n) is 1.85. The molecule has 1 N–H and O–H groups in total. The van der Waals surface area contributed by atoms with Gasteiger partial charge in [-0.3, -0.25) is 0 Å². The predicted molar refractivity (Wildman–Crippen MR) is 91.1 cm³/mol. The van der Waals surface area contributed by atoms with Gasteiger partial charge in [-0.15, -0.1) is 10.2 Å². The van der Waals surface area contributed by atoms with Crippen molar-refractivity contribution in [3.8, 4) is 16.3 Å². The maximum Gasteiger partial charge on any atom is 0.151 e. The minimum Gasteiger partial charge on any atom is -0.496 e. The molecule has 114 valence electrons. The van der Waals surface area contributed by atoms with Crippen molar-refractivity contribution in [2.45, 2.75) is 32.7 Å². The van der Waals surface area contributed by atoms with Crippen molar-refractivity contribution in [2.24, 2.45) is 0 Å². The molecular formula is C15H20BrN3OS. The summed E-state index contributed by atoms with van der Waals surface area (Å²) in [6, 6.07) is 5.93. The van der Waals surface area contributed by atoms with E-state index in [1.165, 1.54) is 0 Å². The van der Waals surface area contributed by atoms with Crippen LogP contribution in [0.25, 0.3) is 10.6 Å². The number of methoxy groups -OCH3 is 1. The molecule has 4 nitrogen and oxygen atoms in total. The topological polar surface area (TPSA) is 47.0 Å². The summed E-state index contributed by atoms with van der Waals surface area (Å²) in [6.45, 7) is 7.37. The number of hydrogen-bond donors (Lipinski definition) is 1. The Kier molecular flexibility index (Phi) is 5.35. The van der Waals surface area contributed by atoms with Gasteiger partial charge >= 0.3 is 0 Å². The molecule has 1 heterocycles. The van der Waals surface area contributed by atoms with Gasteiger partial charge in [-0.25, -0.2) is 0 Å². The van der Waals surface area contributed by atoms with Crippen LogP contribution in [-0.4, -0.2) is 29.4 Å². The Morgan fingerprint density at radius 2 is 2.05 bits per heavy atom. The van der Waals surface area contributed by atoms with E-state index in [-0.39, 0.29) is 5.54 Å². The molecular weight excluding hydrogens is 350 g/mol. The van der Waals surface area contributed by atoms with Crippen molar-refractivity contribution in [3.63, 3.8) is 0 Å². The molecule has 21 heavy (non-hydrogen) atoms. The normalized spacial score (nSPS) is 11.7. The van der Waals surface area contributed by atoms with Crippen LogP contribution in [-0.2, 0) is 6.42 Å². The van der Waals surface area contributed by atoms with E-state index in [9.17, 15) is 0 Å². The second-order valence-electron chi connectivity index (χ2n) is 5.77. The van der Waals surface area contributed by atoms with E-state index in [0.717, 1.165) is 38.8 Å². The van der Waals surface area contributed by atoms with Crippen molar-refractivity contribution in [1.82, 2.24) is 15.5 Å². The minimum absolute atomic E-state index is 0.127. The molecule has 0 amide bonds. The van der Waals surface area contributed by atoms with Gasteiger partial charge in [0.25, 0.3) is 0 Å². The van der Waals surface area contributed by atoms with Crippen LogP contribution in [0.15, 0.2) is 22.7 Å². The molecule has 0 bridgehead atoms. The third-order valence-corrected chi connectivity index (χ3v) is 4.36. The Hall–Kier alpha value is -0.980. The van der Waals surface area contributed by atoms with Crippen LogP contribution in [0.1, 0.15) is 25.8 Å². The predicted octanol–water partition coefficient (Wildman–Crippen LogP) is 3.91. The highest BCUT2D eigenvalue weighted by atomic mass is 79.9. The number of hydrogen-bond acceptors (Lipinski definition) is 5. The van der Waals surface area contributed by atoms with E-state index < -0.39 is 0 Å². The van der Waals surface area contributed by atoms with Gasteiger partial charge in [-0.1, -0.05) is 27.3 Å². The van der Waals surface area contributed by atoms with E-state index in [2.05, 4.69) is 52.2 Å². The zero-order chi connectivity index (χ0) is 15.5. The molecule has 1 aromatic heterocycles. The molecule has 0 aliphatic rings. The molecule has 6 heteroatoms. The summed E-state index contributed by atoms with van der Waals surface area (Å²) in [6.07, 6.45) is 0.883. The van der Waals surface area contributed by atoms with Gasteiger partial charge in [0.1, 0.15) is 10.8 Å². The lowest BCUT2D eigenvalue weighted by atomic mass is 10.1. The monoisotopic (exact) mass is 369 g/mol. The van der Waals surface area contributed by atoms with Gasteiger partial charge in [0.05, 0.1) is 12.7 Å². The fourth-order valence-corrected chi connectivity index (χ4v) is 3.06. The van der Waals surface area contributed by atoms with Gasteiger partial charge < -0.3 is 10.1 Å². The lowest BCUT2D eigenvalue weighted by Crippen LogP contribution is -2.37. The van der Waals surface area contributed by atoms with E-state index in [1.54, 1.807) is 18.4 Å². The Morgan fingerprint density at radius 1 is 1.29 bits per heavy atom. The molecule has 0 spiro atoms. The quantitative estimate of drug-likeness (QED) is 0.867. The van der Waals surface area contributed by atoms with Gasteiger partial charge in [-0.05, 0) is 39.0 Å². The first-order valence-corrected chi connectivity index (χ1v) is 8.41. The van der Waals surface area contributed by atoms with Gasteiger partial charge in [0.2, 0.25) is 0 Å². The number of ether oxygens (including phenoxy) is 1. The summed E-state index contributed by atoms with van der Waals surface area (Å²) in [4.78, 5) is 0. The van der Waals surface area contributed by atoms with Crippen LogP contribution in [0.3, 0.4) is 0 Å². The summed E-state index contributed by atoms with van der Waals surface area (Å²) >= 11 is 5.06. The Balaban J connectivity index is 2.09. The molecule has 2 rings (SSSR count). The van der Waals surface area contributed by atoms with Crippen LogP contribution in [0, 0.1) is 0 Å². The first-order chi connectivity index (χ1) is 9.89. The number of nitrogens with zero attached hydrogens (tertiary/aromatic N) is 2. The summed E-state index contributed by atoms with van der Waals surface area (Å²) in [7, 11) is 1.67. The third kappa shape index (κ3) is 4.76. The average molecular weight is 370 g/mol. The molecule has 0 saturated carbocycles. The van der Waals surface area contributed by atoms with Crippen molar-refractivity contribution in [1.29, 1.82) is 0 Å².